The molecule has 0 fully saturated rings. The van der Waals surface area contributed by atoms with Gasteiger partial charge in [-0.3, -0.25) is 15.0 Å². The molecule has 3 amide bonds. The van der Waals surface area contributed by atoms with Crippen LogP contribution in [0, 0.1) is 0 Å². The molecule has 0 aliphatic carbocycles. The van der Waals surface area contributed by atoms with E-state index in [1.165, 1.54) is 11.3 Å². The van der Waals surface area contributed by atoms with E-state index in [4.69, 9.17) is 9.47 Å². The summed E-state index contributed by atoms with van der Waals surface area (Å²) in [6, 6.07) is 5.20. The molecule has 1 aromatic heterocycles. The van der Waals surface area contributed by atoms with Gasteiger partial charge in [0.05, 0.1) is 12.2 Å². The van der Waals surface area contributed by atoms with Gasteiger partial charge >= 0.3 is 6.03 Å². The first-order valence-electron chi connectivity index (χ1n) is 9.94. The van der Waals surface area contributed by atoms with Gasteiger partial charge in [0.2, 0.25) is 5.91 Å². The van der Waals surface area contributed by atoms with Gasteiger partial charge in [-0.2, -0.15) is 0 Å². The van der Waals surface area contributed by atoms with Gasteiger partial charge in [-0.25, -0.2) is 9.78 Å². The SMILES string of the molecule is CC(C)NC(=O)Nc1nc2c(s1)CN(CC(=O)Nc1ccc3c(c1)OCCO3)CC2. The maximum Gasteiger partial charge on any atom is 0.321 e. The second kappa shape index (κ2) is 8.88. The molecule has 0 bridgehead atoms. The number of hydrogen-bond acceptors (Lipinski definition) is 7. The summed E-state index contributed by atoms with van der Waals surface area (Å²) in [5, 5.41) is 9.07. The topological polar surface area (TPSA) is 105 Å². The number of aromatic nitrogens is 1. The van der Waals surface area contributed by atoms with Crippen LogP contribution in [0.1, 0.15) is 24.4 Å². The van der Waals surface area contributed by atoms with E-state index in [0.29, 0.717) is 42.1 Å². The highest BCUT2D eigenvalue weighted by Crippen LogP contribution is 2.32. The minimum Gasteiger partial charge on any atom is -0.486 e. The number of urea groups is 1. The molecule has 10 heteroatoms. The lowest BCUT2D eigenvalue weighted by molar-refractivity contribution is -0.117. The molecule has 4 rings (SSSR count). The van der Waals surface area contributed by atoms with Crippen molar-refractivity contribution in [3.63, 3.8) is 0 Å². The summed E-state index contributed by atoms with van der Waals surface area (Å²) < 4.78 is 11.1. The number of nitrogens with one attached hydrogen (secondary N) is 3. The smallest absolute Gasteiger partial charge is 0.321 e. The first-order chi connectivity index (χ1) is 14.5. The molecule has 0 spiro atoms. The maximum atomic E-state index is 12.5. The molecule has 0 saturated carbocycles. The normalized spacial score (nSPS) is 15.4. The second-order valence-corrected chi connectivity index (χ2v) is 8.59. The van der Waals surface area contributed by atoms with Gasteiger partial charge in [-0.1, -0.05) is 0 Å². The Bertz CT molecular complexity index is 945. The van der Waals surface area contributed by atoms with E-state index in [0.717, 1.165) is 23.5 Å². The lowest BCUT2D eigenvalue weighted by Gasteiger charge is -2.25. The Labute approximate surface area is 178 Å². The fourth-order valence-corrected chi connectivity index (χ4v) is 4.40. The first-order valence-corrected chi connectivity index (χ1v) is 10.8. The van der Waals surface area contributed by atoms with Crippen LogP contribution < -0.4 is 25.4 Å². The molecule has 2 aliphatic heterocycles. The van der Waals surface area contributed by atoms with Crippen LogP contribution in [0.4, 0.5) is 15.6 Å². The molecule has 0 saturated heterocycles. The first kappa shape index (κ1) is 20.4. The maximum absolute atomic E-state index is 12.5. The fraction of sp³-hybridized carbons (Fsp3) is 0.450. The minimum absolute atomic E-state index is 0.0581. The van der Waals surface area contributed by atoms with Gasteiger partial charge in [-0.15, -0.1) is 11.3 Å². The minimum atomic E-state index is -0.258. The molecule has 160 valence electrons. The molecule has 30 heavy (non-hydrogen) atoms. The number of thiazole rings is 1. The highest BCUT2D eigenvalue weighted by atomic mass is 32.1. The van der Waals surface area contributed by atoms with E-state index in [9.17, 15) is 9.59 Å². The number of ether oxygens (including phenoxy) is 2. The zero-order valence-electron chi connectivity index (χ0n) is 17.0. The monoisotopic (exact) mass is 431 g/mol. The Morgan fingerprint density at radius 1 is 1.20 bits per heavy atom. The number of nitrogens with zero attached hydrogens (tertiary/aromatic N) is 2. The third kappa shape index (κ3) is 5.00. The van der Waals surface area contributed by atoms with E-state index in [1.54, 1.807) is 12.1 Å². The molecular weight excluding hydrogens is 406 g/mol. The second-order valence-electron chi connectivity index (χ2n) is 7.51. The van der Waals surface area contributed by atoms with Gasteiger partial charge < -0.3 is 20.1 Å². The number of carbonyl (C=O) groups excluding carboxylic acids is 2. The van der Waals surface area contributed by atoms with Gasteiger partial charge in [0.15, 0.2) is 16.6 Å². The standard InChI is InChI=1S/C20H25N5O4S/c1-12(2)21-19(27)24-20-23-14-5-6-25(10-17(14)30-20)11-18(26)22-13-3-4-15-16(9-13)29-8-7-28-15/h3-4,9,12H,5-8,10-11H2,1-2H3,(H,22,26)(H2,21,23,24,27). The van der Waals surface area contributed by atoms with Crippen LogP contribution in [0.5, 0.6) is 11.5 Å². The van der Waals surface area contributed by atoms with Crippen molar-refractivity contribution in [1.29, 1.82) is 0 Å². The van der Waals surface area contributed by atoms with E-state index in [1.807, 2.05) is 19.9 Å². The average molecular weight is 432 g/mol. The van der Waals surface area contributed by atoms with Gasteiger partial charge in [0.25, 0.3) is 0 Å². The summed E-state index contributed by atoms with van der Waals surface area (Å²) in [4.78, 5) is 32.1. The number of benzene rings is 1. The number of fused-ring (bicyclic) bond motifs is 2. The number of anilines is 2. The third-order valence-electron chi connectivity index (χ3n) is 4.64. The summed E-state index contributed by atoms with van der Waals surface area (Å²) in [5.74, 6) is 1.25. The quantitative estimate of drug-likeness (QED) is 0.672. The van der Waals surface area contributed by atoms with E-state index in [2.05, 4.69) is 25.8 Å². The number of rotatable bonds is 5. The lowest BCUT2D eigenvalue weighted by atomic mass is 10.2. The van der Waals surface area contributed by atoms with Gasteiger partial charge in [-0.05, 0) is 26.0 Å². The van der Waals surface area contributed by atoms with Crippen LogP contribution in [0.15, 0.2) is 18.2 Å². The summed E-state index contributed by atoms with van der Waals surface area (Å²) in [5.41, 5.74) is 1.67. The van der Waals surface area contributed by atoms with Crippen molar-refractivity contribution in [2.75, 3.05) is 36.9 Å². The Kier molecular flexibility index (Phi) is 6.05. The molecule has 1 aromatic carbocycles. The average Bonchev–Trinajstić information content (AvgIpc) is 3.08. The zero-order chi connectivity index (χ0) is 21.1. The largest absolute Gasteiger partial charge is 0.486 e. The summed E-state index contributed by atoms with van der Waals surface area (Å²) in [7, 11) is 0. The van der Waals surface area contributed by atoms with Crippen LogP contribution in [-0.2, 0) is 17.8 Å². The predicted octanol–water partition coefficient (Wildman–Crippen LogP) is 2.44. The van der Waals surface area contributed by atoms with Crippen LogP contribution >= 0.6 is 11.3 Å². The number of amides is 3. The van der Waals surface area contributed by atoms with Crippen molar-refractivity contribution in [1.82, 2.24) is 15.2 Å². The number of hydrogen-bond donors (Lipinski definition) is 3. The number of carbonyl (C=O) groups is 2. The Hall–Kier alpha value is -2.85. The molecule has 2 aromatic rings. The molecule has 0 atom stereocenters. The van der Waals surface area contributed by atoms with Crippen molar-refractivity contribution < 1.29 is 19.1 Å². The Morgan fingerprint density at radius 3 is 2.80 bits per heavy atom. The summed E-state index contributed by atoms with van der Waals surface area (Å²) >= 11 is 1.45. The van der Waals surface area contributed by atoms with Crippen molar-refractivity contribution in [3.8, 4) is 11.5 Å². The molecule has 0 unspecified atom stereocenters. The van der Waals surface area contributed by atoms with Crippen molar-refractivity contribution >= 4 is 34.1 Å². The van der Waals surface area contributed by atoms with E-state index >= 15 is 0 Å². The molecule has 0 radical (unpaired) electrons. The van der Waals surface area contributed by atoms with Crippen LogP contribution in [-0.4, -0.2) is 54.2 Å². The molecular formula is C20H25N5O4S. The Morgan fingerprint density at radius 2 is 2.00 bits per heavy atom. The Balaban J connectivity index is 1.31. The lowest BCUT2D eigenvalue weighted by Crippen LogP contribution is -2.36. The van der Waals surface area contributed by atoms with Crippen molar-refractivity contribution in [3.05, 3.63) is 28.8 Å². The molecule has 2 aliphatic rings. The molecule has 9 nitrogen and oxygen atoms in total. The predicted molar refractivity (Wildman–Crippen MR) is 114 cm³/mol. The van der Waals surface area contributed by atoms with Crippen LogP contribution in [0.25, 0.3) is 0 Å². The molecule has 3 N–H and O–H groups in total. The van der Waals surface area contributed by atoms with Crippen molar-refractivity contribution in [2.24, 2.45) is 0 Å². The van der Waals surface area contributed by atoms with E-state index < -0.39 is 0 Å². The summed E-state index contributed by atoms with van der Waals surface area (Å²) in [6.07, 6.45) is 0.747. The molecule has 3 heterocycles. The van der Waals surface area contributed by atoms with Crippen LogP contribution in [0.2, 0.25) is 0 Å². The van der Waals surface area contributed by atoms with Gasteiger partial charge in [0, 0.05) is 42.2 Å². The van der Waals surface area contributed by atoms with Crippen molar-refractivity contribution in [2.45, 2.75) is 32.9 Å². The zero-order valence-corrected chi connectivity index (χ0v) is 17.8. The van der Waals surface area contributed by atoms with Gasteiger partial charge in [0.1, 0.15) is 13.2 Å². The van der Waals surface area contributed by atoms with E-state index in [-0.39, 0.29) is 24.5 Å². The fourth-order valence-electron chi connectivity index (χ4n) is 3.36. The third-order valence-corrected chi connectivity index (χ3v) is 5.64. The highest BCUT2D eigenvalue weighted by molar-refractivity contribution is 7.15. The highest BCUT2D eigenvalue weighted by Gasteiger charge is 2.23. The summed E-state index contributed by atoms with van der Waals surface area (Å²) in [6.45, 7) is 6.50. The van der Waals surface area contributed by atoms with Crippen LogP contribution in [0.3, 0.4) is 0 Å².